The fourth-order valence-electron chi connectivity index (χ4n) is 0.894. The molecule has 1 aromatic heterocycles. The number of nitrogens with zero attached hydrogens (tertiary/aromatic N) is 2. The third-order valence-corrected chi connectivity index (χ3v) is 1.60. The highest BCUT2D eigenvalue weighted by Crippen LogP contribution is 2.11. The van der Waals surface area contributed by atoms with E-state index < -0.39 is 4.92 Å². The van der Waals surface area contributed by atoms with Gasteiger partial charge in [-0.2, -0.15) is 0 Å². The summed E-state index contributed by atoms with van der Waals surface area (Å²) in [4.78, 5) is 13.6. The van der Waals surface area contributed by atoms with Crippen molar-refractivity contribution in [2.45, 2.75) is 6.42 Å². The van der Waals surface area contributed by atoms with Crippen LogP contribution in [0.4, 0.5) is 11.5 Å². The van der Waals surface area contributed by atoms with E-state index in [9.17, 15) is 10.1 Å². The minimum atomic E-state index is -0.496. The number of hydrogen-bond donors (Lipinski definition) is 2. The lowest BCUT2D eigenvalue weighted by Gasteiger charge is -2.02. The summed E-state index contributed by atoms with van der Waals surface area (Å²) < 4.78 is 0. The molecule has 6 nitrogen and oxygen atoms in total. The molecule has 0 aromatic carbocycles. The number of nitrogens with one attached hydrogen (secondary N) is 1. The Morgan fingerprint density at radius 2 is 2.27 bits per heavy atom. The van der Waals surface area contributed by atoms with Crippen LogP contribution in [-0.2, 0) is 0 Å². The van der Waals surface area contributed by atoms with E-state index in [-0.39, 0.29) is 24.7 Å². The van der Waals surface area contributed by atoms with E-state index in [4.69, 9.17) is 5.11 Å². The Kier molecular flexibility index (Phi) is 6.32. The number of halogens is 1. The molecule has 0 bridgehead atoms. The molecule has 0 aliphatic heterocycles. The molecule has 0 spiro atoms. The Hall–Kier alpha value is -1.40. The quantitative estimate of drug-likeness (QED) is 0.453. The van der Waals surface area contributed by atoms with Crippen molar-refractivity contribution in [1.29, 1.82) is 0 Å². The van der Waals surface area contributed by atoms with Crippen molar-refractivity contribution in [3.05, 3.63) is 28.4 Å². The van der Waals surface area contributed by atoms with Gasteiger partial charge in [-0.15, -0.1) is 12.4 Å². The molecule has 0 unspecified atom stereocenters. The van der Waals surface area contributed by atoms with E-state index in [0.29, 0.717) is 18.8 Å². The Morgan fingerprint density at radius 3 is 2.73 bits per heavy atom. The Labute approximate surface area is 92.9 Å². The third kappa shape index (κ3) is 4.57. The molecule has 0 aliphatic rings. The maximum atomic E-state index is 10.3. The highest BCUT2D eigenvalue weighted by Gasteiger charge is 2.04. The fraction of sp³-hybridized carbons (Fsp3) is 0.375. The van der Waals surface area contributed by atoms with Gasteiger partial charge in [-0.1, -0.05) is 0 Å². The van der Waals surface area contributed by atoms with Crippen molar-refractivity contribution < 1.29 is 10.0 Å². The first-order valence-corrected chi connectivity index (χ1v) is 4.19. The summed E-state index contributed by atoms with van der Waals surface area (Å²) in [5.41, 5.74) is -0.0299. The Morgan fingerprint density at radius 1 is 1.53 bits per heavy atom. The van der Waals surface area contributed by atoms with Gasteiger partial charge in [-0.05, 0) is 12.5 Å². The van der Waals surface area contributed by atoms with Gasteiger partial charge in [0.05, 0.1) is 4.92 Å². The predicted octanol–water partition coefficient (Wildman–Crippen LogP) is 1.21. The first-order valence-electron chi connectivity index (χ1n) is 4.19. The lowest BCUT2D eigenvalue weighted by Crippen LogP contribution is -2.04. The van der Waals surface area contributed by atoms with Crippen molar-refractivity contribution in [3.8, 4) is 0 Å². The number of aliphatic hydroxyl groups is 1. The van der Waals surface area contributed by atoms with E-state index >= 15 is 0 Å². The number of anilines is 1. The number of nitro groups is 1. The summed E-state index contributed by atoms with van der Waals surface area (Å²) in [7, 11) is 0. The first kappa shape index (κ1) is 13.6. The molecule has 1 heterocycles. The second kappa shape index (κ2) is 6.97. The van der Waals surface area contributed by atoms with Crippen LogP contribution in [0.3, 0.4) is 0 Å². The van der Waals surface area contributed by atoms with Gasteiger partial charge in [0.1, 0.15) is 12.0 Å². The van der Waals surface area contributed by atoms with Crippen LogP contribution < -0.4 is 5.32 Å². The van der Waals surface area contributed by atoms with Crippen molar-refractivity contribution in [3.63, 3.8) is 0 Å². The number of aliphatic hydroxyl groups excluding tert-OH is 1. The summed E-state index contributed by atoms with van der Waals surface area (Å²) in [5, 5.41) is 21.7. The molecule has 0 fully saturated rings. The zero-order valence-electron chi connectivity index (χ0n) is 7.92. The SMILES string of the molecule is Cl.O=[N+]([O-])c1ccc(NCCCO)nc1. The maximum absolute atomic E-state index is 10.3. The van der Waals surface area contributed by atoms with Crippen molar-refractivity contribution in [2.75, 3.05) is 18.5 Å². The summed E-state index contributed by atoms with van der Waals surface area (Å²) in [6, 6.07) is 2.92. The van der Waals surface area contributed by atoms with Gasteiger partial charge < -0.3 is 10.4 Å². The molecule has 0 saturated heterocycles. The highest BCUT2D eigenvalue weighted by atomic mass is 35.5. The fourth-order valence-corrected chi connectivity index (χ4v) is 0.894. The van der Waals surface area contributed by atoms with Crippen LogP contribution in [0.5, 0.6) is 0 Å². The molecule has 0 amide bonds. The van der Waals surface area contributed by atoms with Crippen LogP contribution in [0.1, 0.15) is 6.42 Å². The van der Waals surface area contributed by atoms with Gasteiger partial charge in [-0.3, -0.25) is 10.1 Å². The van der Waals surface area contributed by atoms with Crippen molar-refractivity contribution in [1.82, 2.24) is 4.98 Å². The number of aromatic nitrogens is 1. The summed E-state index contributed by atoms with van der Waals surface area (Å²) in [6.45, 7) is 0.710. The van der Waals surface area contributed by atoms with E-state index in [1.807, 2.05) is 0 Å². The zero-order chi connectivity index (χ0) is 10.4. The second-order valence-corrected chi connectivity index (χ2v) is 2.66. The smallest absolute Gasteiger partial charge is 0.287 e. The van der Waals surface area contributed by atoms with E-state index in [1.54, 1.807) is 0 Å². The second-order valence-electron chi connectivity index (χ2n) is 2.66. The largest absolute Gasteiger partial charge is 0.396 e. The van der Waals surface area contributed by atoms with Crippen LogP contribution in [0.25, 0.3) is 0 Å². The average molecular weight is 234 g/mol. The maximum Gasteiger partial charge on any atom is 0.287 e. The van der Waals surface area contributed by atoms with Crippen LogP contribution in [0, 0.1) is 10.1 Å². The summed E-state index contributed by atoms with van der Waals surface area (Å²) >= 11 is 0. The van der Waals surface area contributed by atoms with Crippen molar-refractivity contribution in [2.24, 2.45) is 0 Å². The number of hydrogen-bond acceptors (Lipinski definition) is 5. The van der Waals surface area contributed by atoms with Gasteiger partial charge in [0.25, 0.3) is 5.69 Å². The standard InChI is InChI=1S/C8H11N3O3.ClH/c12-5-1-4-9-8-3-2-7(6-10-8)11(13)14;/h2-3,6,12H,1,4-5H2,(H,9,10);1H. The lowest BCUT2D eigenvalue weighted by molar-refractivity contribution is -0.385. The van der Waals surface area contributed by atoms with Gasteiger partial charge in [0, 0.05) is 19.2 Å². The molecule has 0 atom stereocenters. The topological polar surface area (TPSA) is 88.3 Å². The van der Waals surface area contributed by atoms with E-state index in [2.05, 4.69) is 10.3 Å². The monoisotopic (exact) mass is 233 g/mol. The molecule has 0 saturated carbocycles. The molecule has 2 N–H and O–H groups in total. The lowest BCUT2D eigenvalue weighted by atomic mass is 10.4. The summed E-state index contributed by atoms with van der Waals surface area (Å²) in [6.07, 6.45) is 1.82. The molecular weight excluding hydrogens is 222 g/mol. The van der Waals surface area contributed by atoms with E-state index in [1.165, 1.54) is 18.3 Å². The van der Waals surface area contributed by atoms with Crippen LogP contribution in [0.15, 0.2) is 18.3 Å². The summed E-state index contributed by atoms with van der Waals surface area (Å²) in [5.74, 6) is 0.573. The van der Waals surface area contributed by atoms with Crippen LogP contribution >= 0.6 is 12.4 Å². The van der Waals surface area contributed by atoms with Gasteiger partial charge >= 0.3 is 0 Å². The van der Waals surface area contributed by atoms with E-state index in [0.717, 1.165) is 0 Å². The molecule has 84 valence electrons. The molecule has 0 radical (unpaired) electrons. The zero-order valence-corrected chi connectivity index (χ0v) is 8.74. The Bertz CT molecular complexity index is 305. The predicted molar refractivity (Wildman–Crippen MR) is 58.3 cm³/mol. The first-order chi connectivity index (χ1) is 6.74. The van der Waals surface area contributed by atoms with Gasteiger partial charge in [-0.25, -0.2) is 4.98 Å². The minimum absolute atomic E-state index is 0. The average Bonchev–Trinajstić information content (AvgIpc) is 2.19. The molecule has 15 heavy (non-hydrogen) atoms. The van der Waals surface area contributed by atoms with Crippen LogP contribution in [0.2, 0.25) is 0 Å². The highest BCUT2D eigenvalue weighted by molar-refractivity contribution is 5.85. The number of rotatable bonds is 5. The number of pyridine rings is 1. The molecule has 1 aromatic rings. The minimum Gasteiger partial charge on any atom is -0.396 e. The molecule has 1 rings (SSSR count). The van der Waals surface area contributed by atoms with Crippen LogP contribution in [-0.4, -0.2) is 28.2 Å². The third-order valence-electron chi connectivity index (χ3n) is 1.60. The van der Waals surface area contributed by atoms with Gasteiger partial charge in [0.15, 0.2) is 0 Å². The Balaban J connectivity index is 0.00000196. The molecular formula is C8H12ClN3O3. The molecule has 0 aliphatic carbocycles. The normalized spacial score (nSPS) is 9.13. The van der Waals surface area contributed by atoms with Gasteiger partial charge in [0.2, 0.25) is 0 Å². The van der Waals surface area contributed by atoms with Crippen molar-refractivity contribution >= 4 is 23.9 Å². The molecule has 7 heteroatoms.